The third kappa shape index (κ3) is 6.89. The van der Waals surface area contributed by atoms with Crippen LogP contribution in [0.4, 0.5) is 5.69 Å². The number of rotatable bonds is 13. The van der Waals surface area contributed by atoms with Gasteiger partial charge in [0, 0.05) is 26.1 Å². The molecular weight excluding hydrogens is 594 g/mol. The number of ether oxygens (including phenoxy) is 2. The quantitative estimate of drug-likeness (QED) is 0.214. The third-order valence-corrected chi connectivity index (χ3v) is 10.8. The molecule has 1 N–H and O–H groups in total. The fraction of sp³-hybridized carbons (Fsp3) is 0.531. The zero-order valence-electron chi connectivity index (χ0n) is 26.1. The van der Waals surface area contributed by atoms with Gasteiger partial charge >= 0.3 is 0 Å². The first-order valence-corrected chi connectivity index (χ1v) is 17.1. The molecule has 3 aromatic heterocycles. The number of Topliss-reactive ketones (excluding diaryl/α,β-unsaturated/α-hetero) is 1. The predicted molar refractivity (Wildman–Crippen MR) is 167 cm³/mol. The summed E-state index contributed by atoms with van der Waals surface area (Å²) in [5, 5.41) is 3.08. The minimum Gasteiger partial charge on any atom is -0.480 e. The molecule has 0 saturated heterocycles. The maximum atomic E-state index is 12.7. The number of aromatic nitrogens is 5. The number of hydrogen-bond donors (Lipinski definition) is 1. The average Bonchev–Trinajstić information content (AvgIpc) is 3.96. The van der Waals surface area contributed by atoms with Crippen LogP contribution in [0.2, 0.25) is 0 Å². The molecule has 6 rings (SSSR count). The predicted octanol–water partition coefficient (Wildman–Crippen LogP) is 4.02. The van der Waals surface area contributed by atoms with Crippen molar-refractivity contribution in [1.82, 2.24) is 30.2 Å². The summed E-state index contributed by atoms with van der Waals surface area (Å²) in [6.07, 6.45) is 11.0. The SMILES string of the molecule is CCS(=O)(=O)c1ccc(CN/C(=N/c2cnc(-c3c(OC)ncnc3C3CC3)nc2C[C@@H]2CC2C2CC(OC)C2)C(C)=O)nc1. The number of nitrogens with zero attached hydrogens (tertiary/aromatic N) is 6. The second kappa shape index (κ2) is 12.9. The smallest absolute Gasteiger partial charge is 0.227 e. The van der Waals surface area contributed by atoms with Crippen molar-refractivity contribution in [1.29, 1.82) is 0 Å². The molecule has 2 atom stereocenters. The third-order valence-electron chi connectivity index (χ3n) is 9.11. The van der Waals surface area contributed by atoms with E-state index in [-0.39, 0.29) is 28.8 Å². The summed E-state index contributed by atoms with van der Waals surface area (Å²) in [6, 6.07) is 3.16. The fourth-order valence-electron chi connectivity index (χ4n) is 6.07. The van der Waals surface area contributed by atoms with E-state index in [4.69, 9.17) is 19.5 Å². The number of nitrogens with one attached hydrogen (secondary N) is 1. The largest absolute Gasteiger partial charge is 0.480 e. The van der Waals surface area contributed by atoms with Gasteiger partial charge < -0.3 is 14.8 Å². The van der Waals surface area contributed by atoms with E-state index in [9.17, 15) is 13.2 Å². The van der Waals surface area contributed by atoms with E-state index in [1.54, 1.807) is 33.4 Å². The second-order valence-electron chi connectivity index (χ2n) is 12.2. The van der Waals surface area contributed by atoms with Crippen molar-refractivity contribution in [3.05, 3.63) is 47.9 Å². The van der Waals surface area contributed by atoms with Gasteiger partial charge in [0.05, 0.1) is 53.7 Å². The molecule has 0 bridgehead atoms. The van der Waals surface area contributed by atoms with Gasteiger partial charge in [-0.1, -0.05) is 6.92 Å². The standard InChI is InChI=1S/C32H39N7O5S/c1-5-45(41,42)24-9-8-22(33-15-24)14-34-30(18(2)40)39-27-16-35-31(28-29(19-6-7-19)36-17-37-32(28)44-4)38-26(27)13-21-12-25(21)20-10-23(11-20)43-3/h8-9,15-17,19-21,23,25H,5-7,10-14H2,1-4H3,(H,34,39)/t20?,21-,23?,25?/m0/s1. The maximum Gasteiger partial charge on any atom is 0.227 e. The molecule has 3 saturated carbocycles. The first-order valence-electron chi connectivity index (χ1n) is 15.5. The Bertz CT molecular complexity index is 1700. The normalized spacial score (nSPS) is 22.9. The van der Waals surface area contributed by atoms with E-state index in [2.05, 4.69) is 25.3 Å². The Balaban J connectivity index is 1.29. The molecular formula is C32H39N7O5S. The molecule has 45 heavy (non-hydrogen) atoms. The molecule has 13 heteroatoms. The zero-order valence-corrected chi connectivity index (χ0v) is 26.9. The van der Waals surface area contributed by atoms with Crippen LogP contribution in [0.1, 0.15) is 69.0 Å². The topological polar surface area (TPSA) is 159 Å². The Hall–Kier alpha value is -3.84. The summed E-state index contributed by atoms with van der Waals surface area (Å²) >= 11 is 0. The molecule has 238 valence electrons. The van der Waals surface area contributed by atoms with Gasteiger partial charge in [0.15, 0.2) is 27.3 Å². The molecule has 0 aliphatic heterocycles. The number of carbonyl (C=O) groups excluding carboxylic acids is 1. The lowest BCUT2D eigenvalue weighted by molar-refractivity contribution is -0.111. The minimum absolute atomic E-state index is 0.00147. The highest BCUT2D eigenvalue weighted by Crippen LogP contribution is 2.54. The average molecular weight is 634 g/mol. The number of amidine groups is 1. The van der Waals surface area contributed by atoms with E-state index in [0.29, 0.717) is 64.8 Å². The Labute approximate surface area is 263 Å². The van der Waals surface area contributed by atoms with Crippen LogP contribution in [0.5, 0.6) is 5.88 Å². The van der Waals surface area contributed by atoms with E-state index in [1.807, 2.05) is 0 Å². The van der Waals surface area contributed by atoms with Crippen LogP contribution in [0.25, 0.3) is 11.4 Å². The first-order chi connectivity index (χ1) is 21.7. The highest BCUT2D eigenvalue weighted by Gasteiger charge is 2.48. The lowest BCUT2D eigenvalue weighted by Gasteiger charge is -2.34. The molecule has 1 unspecified atom stereocenters. The highest BCUT2D eigenvalue weighted by atomic mass is 32.2. The van der Waals surface area contributed by atoms with Crippen molar-refractivity contribution in [2.75, 3.05) is 20.0 Å². The summed E-state index contributed by atoms with van der Waals surface area (Å²) in [5.41, 5.74) is 3.45. The number of hydrogen-bond acceptors (Lipinski definition) is 11. The molecule has 3 heterocycles. The molecule has 0 spiro atoms. The summed E-state index contributed by atoms with van der Waals surface area (Å²) in [6.45, 7) is 3.23. The van der Waals surface area contributed by atoms with Gasteiger partial charge in [-0.05, 0) is 68.4 Å². The lowest BCUT2D eigenvalue weighted by Crippen LogP contribution is -2.32. The van der Waals surface area contributed by atoms with Gasteiger partial charge in [0.2, 0.25) is 5.88 Å². The zero-order chi connectivity index (χ0) is 31.7. The molecule has 12 nitrogen and oxygen atoms in total. The van der Waals surface area contributed by atoms with Gasteiger partial charge in [0.1, 0.15) is 17.6 Å². The van der Waals surface area contributed by atoms with Crippen LogP contribution >= 0.6 is 0 Å². The van der Waals surface area contributed by atoms with Crippen molar-refractivity contribution in [3.8, 4) is 17.3 Å². The molecule has 0 aromatic carbocycles. The number of aliphatic imine (C=N–C) groups is 1. The summed E-state index contributed by atoms with van der Waals surface area (Å²) < 4.78 is 35.4. The molecule has 3 fully saturated rings. The number of carbonyl (C=O) groups is 1. The highest BCUT2D eigenvalue weighted by molar-refractivity contribution is 7.91. The molecule has 0 amide bonds. The van der Waals surface area contributed by atoms with Gasteiger partial charge in [-0.3, -0.25) is 9.78 Å². The Kier molecular flexibility index (Phi) is 8.91. The van der Waals surface area contributed by atoms with Crippen molar-refractivity contribution in [3.63, 3.8) is 0 Å². The first kappa shape index (κ1) is 31.2. The van der Waals surface area contributed by atoms with E-state index in [1.165, 1.54) is 25.5 Å². The van der Waals surface area contributed by atoms with Gasteiger partial charge in [-0.15, -0.1) is 0 Å². The second-order valence-corrected chi connectivity index (χ2v) is 14.4. The van der Waals surface area contributed by atoms with Crippen LogP contribution in [-0.4, -0.2) is 71.0 Å². The Morgan fingerprint density at radius 2 is 1.87 bits per heavy atom. The van der Waals surface area contributed by atoms with E-state index >= 15 is 0 Å². The number of pyridine rings is 1. The van der Waals surface area contributed by atoms with Crippen molar-refractivity contribution >= 4 is 27.1 Å². The number of ketones is 1. The molecule has 3 aromatic rings. The summed E-state index contributed by atoms with van der Waals surface area (Å²) in [5.74, 6) is 2.91. The van der Waals surface area contributed by atoms with Gasteiger partial charge in [-0.2, -0.15) is 0 Å². The summed E-state index contributed by atoms with van der Waals surface area (Å²) in [7, 11) is 0.00717. The van der Waals surface area contributed by atoms with Crippen molar-refractivity contribution < 1.29 is 22.7 Å². The van der Waals surface area contributed by atoms with Gasteiger partial charge in [-0.25, -0.2) is 33.3 Å². The molecule has 0 radical (unpaired) electrons. The van der Waals surface area contributed by atoms with E-state index in [0.717, 1.165) is 43.5 Å². The monoisotopic (exact) mass is 633 g/mol. The minimum atomic E-state index is -3.35. The fourth-order valence-corrected chi connectivity index (χ4v) is 6.89. The van der Waals surface area contributed by atoms with Crippen molar-refractivity contribution in [2.45, 2.75) is 75.8 Å². The van der Waals surface area contributed by atoms with Crippen molar-refractivity contribution in [2.24, 2.45) is 22.7 Å². The maximum absolute atomic E-state index is 12.7. The Morgan fingerprint density at radius 1 is 1.07 bits per heavy atom. The van der Waals surface area contributed by atoms with Crippen LogP contribution in [0.3, 0.4) is 0 Å². The van der Waals surface area contributed by atoms with Crippen LogP contribution in [0, 0.1) is 17.8 Å². The lowest BCUT2D eigenvalue weighted by atomic mass is 9.78. The Morgan fingerprint density at radius 3 is 2.51 bits per heavy atom. The summed E-state index contributed by atoms with van der Waals surface area (Å²) in [4.78, 5) is 40.5. The number of sulfone groups is 1. The van der Waals surface area contributed by atoms with Crippen LogP contribution < -0.4 is 10.1 Å². The molecule has 3 aliphatic rings. The van der Waals surface area contributed by atoms with Crippen LogP contribution in [0.15, 0.2) is 40.7 Å². The van der Waals surface area contributed by atoms with Crippen LogP contribution in [-0.2, 0) is 32.3 Å². The van der Waals surface area contributed by atoms with E-state index < -0.39 is 9.84 Å². The number of methoxy groups -OCH3 is 2. The van der Waals surface area contributed by atoms with Gasteiger partial charge in [0.25, 0.3) is 0 Å². The molecule has 3 aliphatic carbocycles.